The number of hydrogen-bond donors (Lipinski definition) is 1. The zero-order valence-corrected chi connectivity index (χ0v) is 12.3. The summed E-state index contributed by atoms with van der Waals surface area (Å²) in [7, 11) is 0. The summed E-state index contributed by atoms with van der Waals surface area (Å²) in [6.07, 6.45) is 10.7. The van der Waals surface area contributed by atoms with E-state index in [0.717, 1.165) is 12.0 Å². The summed E-state index contributed by atoms with van der Waals surface area (Å²) in [5.74, 6) is 0.824. The smallest absolute Gasteiger partial charge is 0.00683 e. The lowest BCUT2D eigenvalue weighted by Crippen LogP contribution is -2.26. The predicted octanol–water partition coefficient (Wildman–Crippen LogP) is 3.89. The van der Waals surface area contributed by atoms with Crippen molar-refractivity contribution in [3.63, 3.8) is 0 Å². The van der Waals surface area contributed by atoms with Crippen LogP contribution in [0.15, 0.2) is 18.2 Å². The highest BCUT2D eigenvalue weighted by atomic mass is 14.9. The van der Waals surface area contributed by atoms with Crippen LogP contribution in [0, 0.1) is 5.92 Å². The number of hydrogen-bond acceptors (Lipinski definition) is 1. The molecule has 0 spiro atoms. The van der Waals surface area contributed by atoms with Crippen LogP contribution in [0.1, 0.15) is 55.7 Å². The van der Waals surface area contributed by atoms with Crippen molar-refractivity contribution in [2.24, 2.45) is 5.92 Å². The molecule has 1 fully saturated rings. The van der Waals surface area contributed by atoms with Crippen molar-refractivity contribution in [3.05, 3.63) is 34.9 Å². The molecule has 0 saturated heterocycles. The van der Waals surface area contributed by atoms with Crippen molar-refractivity contribution in [1.29, 1.82) is 0 Å². The molecule has 1 aromatic carbocycles. The van der Waals surface area contributed by atoms with Gasteiger partial charge in [0.25, 0.3) is 0 Å². The van der Waals surface area contributed by atoms with Crippen LogP contribution >= 0.6 is 0 Å². The molecule has 0 heterocycles. The summed E-state index contributed by atoms with van der Waals surface area (Å²) >= 11 is 0. The molecule has 1 nitrogen and oxygen atoms in total. The topological polar surface area (TPSA) is 12.0 Å². The first-order chi connectivity index (χ1) is 9.35. The molecule has 1 saturated carbocycles. The second kappa shape index (κ2) is 6.09. The standard InChI is InChI=1S/C18H27N/c1-2-4-15(13-19-18-9-10-18)11-14-7-8-16-5-3-6-17(16)12-14/h7-8,12,15,18-19H,2-6,9-11,13H2,1H3. The number of aryl methyl sites for hydroxylation is 2. The Morgan fingerprint density at radius 1 is 1.21 bits per heavy atom. The first-order valence-electron chi connectivity index (χ1n) is 8.19. The third kappa shape index (κ3) is 3.60. The average Bonchev–Trinajstić information content (AvgIpc) is 3.13. The van der Waals surface area contributed by atoms with Gasteiger partial charge in [0.05, 0.1) is 0 Å². The molecule has 2 aliphatic rings. The fraction of sp³-hybridized carbons (Fsp3) is 0.667. The molecule has 0 aliphatic heterocycles. The lowest BCUT2D eigenvalue weighted by atomic mass is 9.93. The Balaban J connectivity index is 1.59. The normalized spacial score (nSPS) is 19.4. The molecule has 0 amide bonds. The molecule has 1 heteroatoms. The molecule has 3 rings (SSSR count). The van der Waals surface area contributed by atoms with Crippen molar-refractivity contribution >= 4 is 0 Å². The zero-order chi connectivity index (χ0) is 13.1. The van der Waals surface area contributed by atoms with Crippen LogP contribution < -0.4 is 5.32 Å². The molecule has 2 aliphatic carbocycles. The third-order valence-electron chi connectivity index (χ3n) is 4.66. The molecule has 19 heavy (non-hydrogen) atoms. The van der Waals surface area contributed by atoms with Gasteiger partial charge < -0.3 is 5.32 Å². The minimum atomic E-state index is 0.824. The molecule has 1 atom stereocenters. The largest absolute Gasteiger partial charge is 0.314 e. The minimum absolute atomic E-state index is 0.824. The lowest BCUT2D eigenvalue weighted by molar-refractivity contribution is 0.437. The predicted molar refractivity (Wildman–Crippen MR) is 81.6 cm³/mol. The summed E-state index contributed by atoms with van der Waals surface area (Å²) in [6, 6.07) is 8.10. The number of rotatable bonds is 7. The van der Waals surface area contributed by atoms with Gasteiger partial charge in [0.1, 0.15) is 0 Å². The number of nitrogens with one attached hydrogen (secondary N) is 1. The van der Waals surface area contributed by atoms with E-state index in [-0.39, 0.29) is 0 Å². The molecule has 1 unspecified atom stereocenters. The van der Waals surface area contributed by atoms with Crippen molar-refractivity contribution in [2.75, 3.05) is 6.54 Å². The number of fused-ring (bicyclic) bond motifs is 1. The first-order valence-corrected chi connectivity index (χ1v) is 8.19. The summed E-state index contributed by atoms with van der Waals surface area (Å²) in [6.45, 7) is 3.53. The monoisotopic (exact) mass is 257 g/mol. The average molecular weight is 257 g/mol. The van der Waals surface area contributed by atoms with Crippen LogP contribution in [-0.4, -0.2) is 12.6 Å². The molecule has 0 bridgehead atoms. The Morgan fingerprint density at radius 3 is 2.84 bits per heavy atom. The van der Waals surface area contributed by atoms with E-state index in [2.05, 4.69) is 30.4 Å². The Hall–Kier alpha value is -0.820. The second-order valence-corrected chi connectivity index (χ2v) is 6.50. The van der Waals surface area contributed by atoms with Crippen LogP contribution in [0.2, 0.25) is 0 Å². The molecular weight excluding hydrogens is 230 g/mol. The Labute approximate surface area is 117 Å². The van der Waals surface area contributed by atoms with Gasteiger partial charge in [0, 0.05) is 6.04 Å². The Kier molecular flexibility index (Phi) is 4.22. The van der Waals surface area contributed by atoms with E-state index in [0.29, 0.717) is 0 Å². The van der Waals surface area contributed by atoms with Crippen molar-refractivity contribution in [1.82, 2.24) is 5.32 Å². The quantitative estimate of drug-likeness (QED) is 0.781. The van der Waals surface area contributed by atoms with Gasteiger partial charge in [-0.05, 0) is 74.1 Å². The fourth-order valence-corrected chi connectivity index (χ4v) is 3.39. The van der Waals surface area contributed by atoms with Gasteiger partial charge in [-0.25, -0.2) is 0 Å². The summed E-state index contributed by atoms with van der Waals surface area (Å²) in [5.41, 5.74) is 4.80. The molecule has 0 aromatic heterocycles. The van der Waals surface area contributed by atoms with Gasteiger partial charge in [0.15, 0.2) is 0 Å². The number of benzene rings is 1. The van der Waals surface area contributed by atoms with E-state index in [1.54, 1.807) is 16.7 Å². The van der Waals surface area contributed by atoms with E-state index < -0.39 is 0 Å². The SMILES string of the molecule is CCCC(CNC1CC1)Cc1ccc2c(c1)CCC2. The molecular formula is C18H27N. The third-order valence-corrected chi connectivity index (χ3v) is 4.66. The van der Waals surface area contributed by atoms with E-state index in [9.17, 15) is 0 Å². The van der Waals surface area contributed by atoms with E-state index in [4.69, 9.17) is 0 Å². The van der Waals surface area contributed by atoms with Crippen molar-refractivity contribution in [3.8, 4) is 0 Å². The van der Waals surface area contributed by atoms with Crippen molar-refractivity contribution in [2.45, 2.75) is 64.3 Å². The fourth-order valence-electron chi connectivity index (χ4n) is 3.39. The van der Waals surface area contributed by atoms with E-state index in [1.165, 1.54) is 57.9 Å². The molecule has 0 radical (unpaired) electrons. The maximum atomic E-state index is 3.71. The van der Waals surface area contributed by atoms with Gasteiger partial charge in [-0.3, -0.25) is 0 Å². The maximum Gasteiger partial charge on any atom is 0.00683 e. The highest BCUT2D eigenvalue weighted by molar-refractivity contribution is 5.35. The van der Waals surface area contributed by atoms with Gasteiger partial charge in [-0.2, -0.15) is 0 Å². The highest BCUT2D eigenvalue weighted by Crippen LogP contribution is 2.25. The van der Waals surface area contributed by atoms with Crippen LogP contribution in [-0.2, 0) is 19.3 Å². The van der Waals surface area contributed by atoms with Gasteiger partial charge in [-0.15, -0.1) is 0 Å². The van der Waals surface area contributed by atoms with Gasteiger partial charge >= 0.3 is 0 Å². The Morgan fingerprint density at radius 2 is 2.05 bits per heavy atom. The zero-order valence-electron chi connectivity index (χ0n) is 12.3. The van der Waals surface area contributed by atoms with E-state index >= 15 is 0 Å². The van der Waals surface area contributed by atoms with Crippen LogP contribution in [0.3, 0.4) is 0 Å². The second-order valence-electron chi connectivity index (χ2n) is 6.50. The van der Waals surface area contributed by atoms with Gasteiger partial charge in [-0.1, -0.05) is 31.5 Å². The van der Waals surface area contributed by atoms with E-state index in [1.807, 2.05) is 0 Å². The minimum Gasteiger partial charge on any atom is -0.314 e. The van der Waals surface area contributed by atoms with Crippen LogP contribution in [0.5, 0.6) is 0 Å². The van der Waals surface area contributed by atoms with Crippen LogP contribution in [0.4, 0.5) is 0 Å². The summed E-state index contributed by atoms with van der Waals surface area (Å²) in [5, 5.41) is 3.71. The van der Waals surface area contributed by atoms with Crippen LogP contribution in [0.25, 0.3) is 0 Å². The molecule has 1 aromatic rings. The van der Waals surface area contributed by atoms with Gasteiger partial charge in [0.2, 0.25) is 0 Å². The summed E-state index contributed by atoms with van der Waals surface area (Å²) < 4.78 is 0. The first kappa shape index (κ1) is 13.2. The summed E-state index contributed by atoms with van der Waals surface area (Å²) in [4.78, 5) is 0. The maximum absolute atomic E-state index is 3.71. The highest BCUT2D eigenvalue weighted by Gasteiger charge is 2.22. The molecule has 1 N–H and O–H groups in total. The lowest BCUT2D eigenvalue weighted by Gasteiger charge is -2.17. The van der Waals surface area contributed by atoms with Crippen molar-refractivity contribution < 1.29 is 0 Å². The molecule has 104 valence electrons. The Bertz CT molecular complexity index is 420.